The number of anilines is 2. The molecule has 0 unspecified atom stereocenters. The number of nitrogens with zero attached hydrogens (tertiary/aromatic N) is 4. The van der Waals surface area contributed by atoms with Crippen LogP contribution in [-0.4, -0.2) is 85.5 Å². The fourth-order valence-corrected chi connectivity index (χ4v) is 3.72. The van der Waals surface area contributed by atoms with Gasteiger partial charge >= 0.3 is 6.03 Å². The Morgan fingerprint density at radius 2 is 1.72 bits per heavy atom. The molecule has 0 spiro atoms. The summed E-state index contributed by atoms with van der Waals surface area (Å²) in [5.74, 6) is -0.174. The zero-order valence-electron chi connectivity index (χ0n) is 17.7. The average molecular weight is 406 g/mol. The van der Waals surface area contributed by atoms with E-state index in [9.17, 15) is 14.0 Å². The van der Waals surface area contributed by atoms with Crippen LogP contribution in [0.3, 0.4) is 0 Å². The Bertz CT molecular complexity index is 728. The molecule has 0 saturated carbocycles. The lowest BCUT2D eigenvalue weighted by atomic mass is 10.2. The summed E-state index contributed by atoms with van der Waals surface area (Å²) in [6.07, 6.45) is 2.18. The van der Waals surface area contributed by atoms with Gasteiger partial charge in [-0.15, -0.1) is 0 Å². The minimum atomic E-state index is -0.357. The highest BCUT2D eigenvalue weighted by atomic mass is 19.1. The van der Waals surface area contributed by atoms with Crippen molar-refractivity contribution in [2.24, 2.45) is 0 Å². The maximum absolute atomic E-state index is 14.4. The molecular weight excluding hydrogens is 373 g/mol. The van der Waals surface area contributed by atoms with Gasteiger partial charge in [-0.05, 0) is 44.9 Å². The second-order valence-electron chi connectivity index (χ2n) is 8.15. The van der Waals surface area contributed by atoms with Gasteiger partial charge in [-0.1, -0.05) is 0 Å². The molecule has 3 amide bonds. The molecule has 0 atom stereocenters. The predicted octanol–water partition coefficient (Wildman–Crippen LogP) is 2.44. The summed E-state index contributed by atoms with van der Waals surface area (Å²) < 4.78 is 14.4. The fourth-order valence-electron chi connectivity index (χ4n) is 3.72. The summed E-state index contributed by atoms with van der Waals surface area (Å²) >= 11 is 0. The minimum Gasteiger partial charge on any atom is -0.370 e. The van der Waals surface area contributed by atoms with E-state index in [0.29, 0.717) is 44.1 Å². The molecule has 2 saturated heterocycles. The van der Waals surface area contributed by atoms with Gasteiger partial charge in [0.2, 0.25) is 5.91 Å². The highest BCUT2D eigenvalue weighted by molar-refractivity contribution is 5.89. The van der Waals surface area contributed by atoms with Gasteiger partial charge in [0, 0.05) is 58.0 Å². The van der Waals surface area contributed by atoms with Gasteiger partial charge < -0.3 is 20.0 Å². The van der Waals surface area contributed by atoms with Gasteiger partial charge in [0.1, 0.15) is 5.82 Å². The number of carbonyl (C=O) groups excluding carboxylic acids is 2. The number of halogens is 1. The highest BCUT2D eigenvalue weighted by Crippen LogP contribution is 2.23. The highest BCUT2D eigenvalue weighted by Gasteiger charge is 2.25. The zero-order chi connectivity index (χ0) is 21.0. The quantitative estimate of drug-likeness (QED) is 0.818. The molecule has 3 rings (SSSR count). The Morgan fingerprint density at radius 3 is 2.31 bits per heavy atom. The summed E-state index contributed by atoms with van der Waals surface area (Å²) in [6.45, 7) is 8.57. The molecule has 7 nitrogen and oxygen atoms in total. The monoisotopic (exact) mass is 405 g/mol. The number of piperazine rings is 1. The number of urea groups is 1. The summed E-state index contributed by atoms with van der Waals surface area (Å²) in [5.41, 5.74) is 0.953. The first-order chi connectivity index (χ1) is 13.8. The van der Waals surface area contributed by atoms with Crippen molar-refractivity contribution in [3.8, 4) is 0 Å². The van der Waals surface area contributed by atoms with Crippen molar-refractivity contribution in [3.05, 3.63) is 24.0 Å². The van der Waals surface area contributed by atoms with Crippen LogP contribution in [0.5, 0.6) is 0 Å². The number of rotatable bonds is 5. The van der Waals surface area contributed by atoms with Crippen LogP contribution in [-0.2, 0) is 4.79 Å². The molecule has 1 aromatic rings. The van der Waals surface area contributed by atoms with Crippen LogP contribution in [0.1, 0.15) is 26.7 Å². The van der Waals surface area contributed by atoms with Gasteiger partial charge in [-0.3, -0.25) is 9.69 Å². The third-order valence-electron chi connectivity index (χ3n) is 5.83. The lowest BCUT2D eigenvalue weighted by Gasteiger charge is -2.35. The minimum absolute atomic E-state index is 0.179. The van der Waals surface area contributed by atoms with Crippen LogP contribution in [0.15, 0.2) is 18.2 Å². The number of hydrogen-bond donors (Lipinski definition) is 1. The summed E-state index contributed by atoms with van der Waals surface area (Å²) in [4.78, 5) is 32.4. The number of carbonyl (C=O) groups is 2. The fraction of sp³-hybridized carbons (Fsp3) is 0.619. The van der Waals surface area contributed by atoms with Crippen LogP contribution >= 0.6 is 0 Å². The smallest absolute Gasteiger partial charge is 0.321 e. The number of benzene rings is 1. The topological polar surface area (TPSA) is 59.1 Å². The number of amides is 3. The third-order valence-corrected chi connectivity index (χ3v) is 5.83. The summed E-state index contributed by atoms with van der Waals surface area (Å²) in [6, 6.07) is 4.71. The van der Waals surface area contributed by atoms with E-state index in [0.717, 1.165) is 25.9 Å². The van der Waals surface area contributed by atoms with E-state index in [4.69, 9.17) is 0 Å². The molecule has 1 N–H and O–H groups in total. The lowest BCUT2D eigenvalue weighted by Crippen LogP contribution is -2.52. The normalized spacial score (nSPS) is 17.7. The number of nitrogens with one attached hydrogen (secondary N) is 1. The first kappa shape index (κ1) is 21.4. The zero-order valence-corrected chi connectivity index (χ0v) is 17.7. The first-order valence-electron chi connectivity index (χ1n) is 10.4. The third kappa shape index (κ3) is 5.38. The largest absolute Gasteiger partial charge is 0.370 e. The van der Waals surface area contributed by atoms with Crippen molar-refractivity contribution in [2.75, 3.05) is 63.1 Å². The molecule has 2 fully saturated rings. The van der Waals surface area contributed by atoms with Crippen LogP contribution in [0.4, 0.5) is 20.6 Å². The van der Waals surface area contributed by atoms with Crippen LogP contribution < -0.4 is 10.2 Å². The maximum atomic E-state index is 14.4. The molecule has 2 aliphatic heterocycles. The van der Waals surface area contributed by atoms with Gasteiger partial charge in [0.25, 0.3) is 0 Å². The van der Waals surface area contributed by atoms with Crippen molar-refractivity contribution >= 4 is 23.3 Å². The molecule has 29 heavy (non-hydrogen) atoms. The second kappa shape index (κ2) is 9.43. The van der Waals surface area contributed by atoms with Crippen molar-refractivity contribution in [1.29, 1.82) is 0 Å². The SMILES string of the molecule is CC(C)N(C)c1ccc(NC(=O)N2CCN(CC(=O)N3CCCC3)CC2)cc1F. The van der Waals surface area contributed by atoms with E-state index >= 15 is 0 Å². The molecule has 0 aliphatic carbocycles. The average Bonchev–Trinajstić information content (AvgIpc) is 3.23. The van der Waals surface area contributed by atoms with Crippen molar-refractivity contribution in [3.63, 3.8) is 0 Å². The van der Waals surface area contributed by atoms with E-state index < -0.39 is 0 Å². The maximum Gasteiger partial charge on any atom is 0.321 e. The molecule has 2 heterocycles. The van der Waals surface area contributed by atoms with Crippen LogP contribution in [0.25, 0.3) is 0 Å². The van der Waals surface area contributed by atoms with Crippen molar-refractivity contribution in [1.82, 2.24) is 14.7 Å². The Labute approximate surface area is 172 Å². The van der Waals surface area contributed by atoms with E-state index in [1.54, 1.807) is 17.0 Å². The predicted molar refractivity (Wildman–Crippen MR) is 113 cm³/mol. The Morgan fingerprint density at radius 1 is 1.07 bits per heavy atom. The van der Waals surface area contributed by atoms with E-state index in [1.807, 2.05) is 30.7 Å². The van der Waals surface area contributed by atoms with E-state index in [2.05, 4.69) is 10.2 Å². The molecule has 160 valence electrons. The summed E-state index contributed by atoms with van der Waals surface area (Å²) in [7, 11) is 1.84. The molecule has 8 heteroatoms. The Kier molecular flexibility index (Phi) is 6.95. The molecule has 1 aromatic carbocycles. The molecule has 0 aromatic heterocycles. The first-order valence-corrected chi connectivity index (χ1v) is 10.4. The lowest BCUT2D eigenvalue weighted by molar-refractivity contribution is -0.131. The van der Waals surface area contributed by atoms with Crippen molar-refractivity contribution < 1.29 is 14.0 Å². The number of likely N-dealkylation sites (tertiary alicyclic amines) is 1. The molecule has 2 aliphatic rings. The van der Waals surface area contributed by atoms with Gasteiger partial charge in [-0.25, -0.2) is 9.18 Å². The van der Waals surface area contributed by atoms with E-state index in [-0.39, 0.29) is 23.8 Å². The Balaban J connectivity index is 1.48. The van der Waals surface area contributed by atoms with E-state index in [1.165, 1.54) is 6.07 Å². The summed E-state index contributed by atoms with van der Waals surface area (Å²) in [5, 5.41) is 2.78. The molecular formula is C21H32FN5O2. The molecule has 0 radical (unpaired) electrons. The Hall–Kier alpha value is -2.35. The van der Waals surface area contributed by atoms with Gasteiger partial charge in [0.15, 0.2) is 0 Å². The van der Waals surface area contributed by atoms with Gasteiger partial charge in [0.05, 0.1) is 12.2 Å². The van der Waals surface area contributed by atoms with Crippen LogP contribution in [0.2, 0.25) is 0 Å². The van der Waals surface area contributed by atoms with Gasteiger partial charge in [-0.2, -0.15) is 0 Å². The second-order valence-corrected chi connectivity index (χ2v) is 8.15. The molecule has 0 bridgehead atoms. The number of hydrogen-bond acceptors (Lipinski definition) is 4. The van der Waals surface area contributed by atoms with Crippen molar-refractivity contribution in [2.45, 2.75) is 32.7 Å². The van der Waals surface area contributed by atoms with Crippen LogP contribution in [0, 0.1) is 5.82 Å². The standard InChI is InChI=1S/C21H32FN5O2/c1-16(2)24(3)19-7-6-17(14-18(19)22)23-21(29)27-12-10-25(11-13-27)15-20(28)26-8-4-5-9-26/h6-7,14,16H,4-5,8-13,15H2,1-3H3,(H,23,29).